The quantitative estimate of drug-likeness (QED) is 0.174. The SMILES string of the molecule is O=CC(CCc1ccccc1)(Cc1ccccc1)C(=O)C(Cc1ccccc1)Cc1ccccc1. The molecule has 176 valence electrons. The molecule has 4 aromatic rings. The molecule has 0 fully saturated rings. The molecule has 0 bridgehead atoms. The first-order valence-corrected chi connectivity index (χ1v) is 12.3. The third kappa shape index (κ3) is 6.64. The Kier molecular flexibility index (Phi) is 8.40. The number of hydrogen-bond donors (Lipinski definition) is 0. The Morgan fingerprint density at radius 2 is 1.00 bits per heavy atom. The third-order valence-corrected chi connectivity index (χ3v) is 6.80. The number of Topliss-reactive ketones (excluding diaryl/α,β-unsaturated/α-hetero) is 1. The average molecular weight is 461 g/mol. The van der Waals surface area contributed by atoms with Crippen LogP contribution in [-0.4, -0.2) is 12.1 Å². The largest absolute Gasteiger partial charge is 0.302 e. The molecule has 35 heavy (non-hydrogen) atoms. The standard InChI is InChI=1S/C33H32O2/c34-26-33(25-30-19-11-4-12-20-30,22-21-27-13-5-1-6-14-27)32(35)31(23-28-15-7-2-8-16-28)24-29-17-9-3-10-18-29/h1-20,26,31H,21-25H2. The molecule has 0 aliphatic heterocycles. The van der Waals surface area contributed by atoms with Gasteiger partial charge in [0, 0.05) is 5.92 Å². The summed E-state index contributed by atoms with van der Waals surface area (Å²) >= 11 is 0. The second-order valence-corrected chi connectivity index (χ2v) is 9.36. The van der Waals surface area contributed by atoms with Gasteiger partial charge < -0.3 is 4.79 Å². The van der Waals surface area contributed by atoms with Crippen molar-refractivity contribution in [3.63, 3.8) is 0 Å². The van der Waals surface area contributed by atoms with Gasteiger partial charge in [0.15, 0.2) is 0 Å². The van der Waals surface area contributed by atoms with Gasteiger partial charge in [0.05, 0.1) is 5.41 Å². The minimum absolute atomic E-state index is 0.0417. The number of benzene rings is 4. The predicted molar refractivity (Wildman–Crippen MR) is 142 cm³/mol. The molecule has 2 nitrogen and oxygen atoms in total. The highest BCUT2D eigenvalue weighted by Gasteiger charge is 2.41. The van der Waals surface area contributed by atoms with Crippen LogP contribution < -0.4 is 0 Å². The van der Waals surface area contributed by atoms with Gasteiger partial charge in [-0.1, -0.05) is 121 Å². The Morgan fingerprint density at radius 1 is 0.600 bits per heavy atom. The second-order valence-electron chi connectivity index (χ2n) is 9.36. The number of rotatable bonds is 12. The Hall–Kier alpha value is -3.78. The molecule has 4 aromatic carbocycles. The van der Waals surface area contributed by atoms with Gasteiger partial charge in [0.25, 0.3) is 0 Å². The van der Waals surface area contributed by atoms with Crippen LogP contribution in [-0.2, 0) is 35.3 Å². The summed E-state index contributed by atoms with van der Waals surface area (Å²) in [7, 11) is 0. The van der Waals surface area contributed by atoms with Crippen LogP contribution >= 0.6 is 0 Å². The number of ketones is 1. The van der Waals surface area contributed by atoms with E-state index >= 15 is 0 Å². The topological polar surface area (TPSA) is 34.1 Å². The second kappa shape index (κ2) is 12.1. The van der Waals surface area contributed by atoms with Crippen molar-refractivity contribution in [3.05, 3.63) is 144 Å². The summed E-state index contributed by atoms with van der Waals surface area (Å²) in [5.74, 6) is -0.246. The fraction of sp³-hybridized carbons (Fsp3) is 0.212. The molecular weight excluding hydrogens is 428 g/mol. The molecule has 0 saturated heterocycles. The molecule has 0 aliphatic carbocycles. The molecule has 1 atom stereocenters. The first kappa shape index (κ1) is 24.3. The van der Waals surface area contributed by atoms with Gasteiger partial charge in [-0.3, -0.25) is 4.79 Å². The van der Waals surface area contributed by atoms with Crippen molar-refractivity contribution in [1.82, 2.24) is 0 Å². The number of aryl methyl sites for hydroxylation is 1. The maximum absolute atomic E-state index is 14.4. The van der Waals surface area contributed by atoms with E-state index in [0.717, 1.165) is 28.5 Å². The molecule has 0 spiro atoms. The first-order valence-electron chi connectivity index (χ1n) is 12.3. The Morgan fingerprint density at radius 3 is 1.43 bits per heavy atom. The van der Waals surface area contributed by atoms with E-state index in [0.29, 0.717) is 32.1 Å². The van der Waals surface area contributed by atoms with Gasteiger partial charge in [-0.05, 0) is 54.4 Å². The zero-order valence-corrected chi connectivity index (χ0v) is 20.1. The summed E-state index contributed by atoms with van der Waals surface area (Å²) in [6.07, 6.45) is 3.77. The normalized spacial score (nSPS) is 12.7. The molecule has 0 amide bonds. The summed E-state index contributed by atoms with van der Waals surface area (Å²) < 4.78 is 0. The highest BCUT2D eigenvalue weighted by molar-refractivity contribution is 6.00. The van der Waals surface area contributed by atoms with Crippen molar-refractivity contribution >= 4 is 12.1 Å². The van der Waals surface area contributed by atoms with Gasteiger partial charge in [0.2, 0.25) is 0 Å². The van der Waals surface area contributed by atoms with Crippen LogP contribution in [0.2, 0.25) is 0 Å². The molecule has 0 radical (unpaired) electrons. The van der Waals surface area contributed by atoms with Crippen molar-refractivity contribution in [2.45, 2.75) is 32.1 Å². The lowest BCUT2D eigenvalue weighted by Crippen LogP contribution is -2.41. The van der Waals surface area contributed by atoms with Crippen molar-refractivity contribution in [2.75, 3.05) is 0 Å². The van der Waals surface area contributed by atoms with Crippen molar-refractivity contribution in [3.8, 4) is 0 Å². The van der Waals surface area contributed by atoms with E-state index in [2.05, 4.69) is 36.4 Å². The smallest absolute Gasteiger partial charge is 0.150 e. The lowest BCUT2D eigenvalue weighted by atomic mass is 9.69. The monoisotopic (exact) mass is 460 g/mol. The highest BCUT2D eigenvalue weighted by Crippen LogP contribution is 2.34. The molecule has 1 unspecified atom stereocenters. The summed E-state index contributed by atoms with van der Waals surface area (Å²) in [6, 6.07) is 40.3. The number of carbonyl (C=O) groups excluding carboxylic acids is 2. The van der Waals surface area contributed by atoms with Crippen LogP contribution in [0.4, 0.5) is 0 Å². The van der Waals surface area contributed by atoms with Crippen LogP contribution in [0.3, 0.4) is 0 Å². The molecule has 0 aliphatic rings. The van der Waals surface area contributed by atoms with Crippen molar-refractivity contribution in [1.29, 1.82) is 0 Å². The van der Waals surface area contributed by atoms with Crippen molar-refractivity contribution in [2.24, 2.45) is 11.3 Å². The molecule has 0 heterocycles. The number of carbonyl (C=O) groups is 2. The van der Waals surface area contributed by atoms with Gasteiger partial charge in [0.1, 0.15) is 12.1 Å². The first-order chi connectivity index (χ1) is 17.2. The van der Waals surface area contributed by atoms with Crippen molar-refractivity contribution < 1.29 is 9.59 Å². The number of aldehydes is 1. The Labute approximate surface area is 208 Å². The summed E-state index contributed by atoms with van der Waals surface area (Å²) in [5, 5.41) is 0. The molecule has 0 N–H and O–H groups in total. The van der Waals surface area contributed by atoms with E-state index in [1.54, 1.807) is 0 Å². The van der Waals surface area contributed by atoms with Gasteiger partial charge in [-0.15, -0.1) is 0 Å². The minimum atomic E-state index is -1.08. The predicted octanol–water partition coefficient (Wildman–Crippen LogP) is 6.72. The molecular formula is C33H32O2. The van der Waals surface area contributed by atoms with Crippen LogP contribution in [0.15, 0.2) is 121 Å². The third-order valence-electron chi connectivity index (χ3n) is 6.80. The lowest BCUT2D eigenvalue weighted by Gasteiger charge is -2.31. The van der Waals surface area contributed by atoms with E-state index in [4.69, 9.17) is 0 Å². The van der Waals surface area contributed by atoms with E-state index in [1.807, 2.05) is 84.9 Å². The van der Waals surface area contributed by atoms with Gasteiger partial charge in [-0.25, -0.2) is 0 Å². The van der Waals surface area contributed by atoms with Crippen LogP contribution in [0.5, 0.6) is 0 Å². The van der Waals surface area contributed by atoms with E-state index in [1.165, 1.54) is 0 Å². The van der Waals surface area contributed by atoms with Crippen LogP contribution in [0, 0.1) is 11.3 Å². The van der Waals surface area contributed by atoms with E-state index in [9.17, 15) is 9.59 Å². The maximum Gasteiger partial charge on any atom is 0.150 e. The summed E-state index contributed by atoms with van der Waals surface area (Å²) in [5.41, 5.74) is 3.31. The van der Waals surface area contributed by atoms with Crippen LogP contribution in [0.25, 0.3) is 0 Å². The van der Waals surface area contributed by atoms with Gasteiger partial charge in [-0.2, -0.15) is 0 Å². The Balaban J connectivity index is 1.68. The van der Waals surface area contributed by atoms with Gasteiger partial charge >= 0.3 is 0 Å². The maximum atomic E-state index is 14.4. The summed E-state index contributed by atoms with van der Waals surface area (Å²) in [6.45, 7) is 0. The molecule has 0 aromatic heterocycles. The fourth-order valence-electron chi connectivity index (χ4n) is 4.89. The van der Waals surface area contributed by atoms with Crippen LogP contribution in [0.1, 0.15) is 28.7 Å². The van der Waals surface area contributed by atoms with E-state index in [-0.39, 0.29) is 11.7 Å². The minimum Gasteiger partial charge on any atom is -0.302 e. The number of hydrogen-bond acceptors (Lipinski definition) is 2. The lowest BCUT2D eigenvalue weighted by molar-refractivity contribution is -0.138. The molecule has 4 rings (SSSR count). The Bertz CT molecular complexity index is 1150. The zero-order chi connectivity index (χ0) is 24.3. The highest BCUT2D eigenvalue weighted by atomic mass is 16.1. The summed E-state index contributed by atoms with van der Waals surface area (Å²) in [4.78, 5) is 27.3. The fourth-order valence-corrected chi connectivity index (χ4v) is 4.89. The molecule has 0 saturated carbocycles. The van der Waals surface area contributed by atoms with E-state index < -0.39 is 5.41 Å². The zero-order valence-electron chi connectivity index (χ0n) is 20.1. The molecule has 2 heteroatoms. The average Bonchev–Trinajstić information content (AvgIpc) is 2.93.